The zero-order valence-electron chi connectivity index (χ0n) is 17.5. The van der Waals surface area contributed by atoms with Crippen molar-refractivity contribution >= 4 is 68.8 Å². The Hall–Kier alpha value is -2.95. The summed E-state index contributed by atoms with van der Waals surface area (Å²) in [5.41, 5.74) is -2.09. The van der Waals surface area contributed by atoms with Crippen LogP contribution in [0, 0.1) is 0 Å². The minimum absolute atomic E-state index is 1.28. The van der Waals surface area contributed by atoms with E-state index in [1.165, 1.54) is 48.2 Å². The van der Waals surface area contributed by atoms with Gasteiger partial charge in [0.05, 0.1) is 0 Å². The van der Waals surface area contributed by atoms with Gasteiger partial charge in [-0.2, -0.15) is 0 Å². The maximum absolute atomic E-state index is 3.83. The first kappa shape index (κ1) is 19.7. The van der Waals surface area contributed by atoms with Crippen LogP contribution in [0.1, 0.15) is 0 Å². The van der Waals surface area contributed by atoms with E-state index in [0.717, 1.165) is 0 Å². The van der Waals surface area contributed by atoms with Gasteiger partial charge in [0.15, 0.2) is 0 Å². The van der Waals surface area contributed by atoms with Crippen LogP contribution in [-0.2, 0) is 0 Å². The van der Waals surface area contributed by atoms with Gasteiger partial charge in [-0.25, -0.2) is 0 Å². The second-order valence-electron chi connectivity index (χ2n) is 8.10. The Bertz CT molecular complexity index is 1450. The van der Waals surface area contributed by atoms with Crippen molar-refractivity contribution in [3.05, 3.63) is 127 Å². The van der Waals surface area contributed by atoms with Gasteiger partial charge < -0.3 is 0 Å². The van der Waals surface area contributed by atoms with Crippen molar-refractivity contribution in [1.82, 2.24) is 0 Å². The standard InChI is InChI=1S/C30H21PSe/c32-31(28-19-7-13-22-10-1-4-16-25(22)28,29-20-8-14-23-11-2-5-17-26(23)29)30-21-9-15-24-12-3-6-18-27(24)30/h1-21H. The van der Waals surface area contributed by atoms with Gasteiger partial charge in [-0.15, -0.1) is 0 Å². The monoisotopic (exact) mass is 492 g/mol. The van der Waals surface area contributed by atoms with E-state index in [1.54, 1.807) is 0 Å². The molecule has 6 rings (SSSR count). The van der Waals surface area contributed by atoms with E-state index < -0.39 is 5.51 Å². The predicted molar refractivity (Wildman–Crippen MR) is 143 cm³/mol. The molecule has 0 N–H and O–H groups in total. The van der Waals surface area contributed by atoms with Crippen LogP contribution in [0.2, 0.25) is 0 Å². The normalized spacial score (nSPS) is 11.9. The summed E-state index contributed by atoms with van der Waals surface area (Å²) in [5.74, 6) is 0. The van der Waals surface area contributed by atoms with E-state index in [-0.39, 0.29) is 0 Å². The maximum atomic E-state index is 3.83. The molecule has 0 fully saturated rings. The molecule has 0 aliphatic rings. The topological polar surface area (TPSA) is 0 Å². The Morgan fingerprint density at radius 3 is 0.969 bits per heavy atom. The van der Waals surface area contributed by atoms with Crippen molar-refractivity contribution in [3.8, 4) is 0 Å². The zero-order chi connectivity index (χ0) is 21.5. The Morgan fingerprint density at radius 1 is 0.344 bits per heavy atom. The minimum atomic E-state index is -2.09. The molecule has 0 radical (unpaired) electrons. The molecule has 0 aromatic heterocycles. The molecule has 0 aliphatic heterocycles. The Kier molecular flexibility index (Phi) is 4.85. The summed E-state index contributed by atoms with van der Waals surface area (Å²) in [6.45, 7) is 0. The van der Waals surface area contributed by atoms with Crippen LogP contribution < -0.4 is 15.9 Å². The molecule has 6 aromatic rings. The van der Waals surface area contributed by atoms with E-state index in [4.69, 9.17) is 0 Å². The first-order chi connectivity index (χ1) is 15.8. The molecule has 0 nitrogen and oxygen atoms in total. The summed E-state index contributed by atoms with van der Waals surface area (Å²) in [4.78, 5) is 0. The molecule has 0 amide bonds. The molecule has 32 heavy (non-hydrogen) atoms. The summed E-state index contributed by atoms with van der Waals surface area (Å²) >= 11 is 3.83. The molecule has 0 unspecified atom stereocenters. The zero-order valence-corrected chi connectivity index (χ0v) is 20.1. The first-order valence-corrected chi connectivity index (χ1v) is 14.8. The number of fused-ring (bicyclic) bond motifs is 3. The van der Waals surface area contributed by atoms with Gasteiger partial charge in [-0.1, -0.05) is 0 Å². The van der Waals surface area contributed by atoms with Crippen molar-refractivity contribution in [2.45, 2.75) is 0 Å². The fourth-order valence-corrected chi connectivity index (χ4v) is 11.1. The molecule has 0 aliphatic carbocycles. The predicted octanol–water partition coefficient (Wildman–Crippen LogP) is 6.52. The fourth-order valence-electron chi connectivity index (χ4n) is 4.84. The SMILES string of the molecule is [Se]=P(c1cccc2ccccc12)(c1cccc2ccccc12)c1cccc2ccccc12. The van der Waals surface area contributed by atoms with Crippen molar-refractivity contribution in [3.63, 3.8) is 0 Å². The van der Waals surface area contributed by atoms with Gasteiger partial charge in [0.25, 0.3) is 0 Å². The van der Waals surface area contributed by atoms with Gasteiger partial charge in [0.2, 0.25) is 0 Å². The first-order valence-electron chi connectivity index (χ1n) is 10.8. The van der Waals surface area contributed by atoms with Crippen LogP contribution >= 0.6 is 5.51 Å². The van der Waals surface area contributed by atoms with E-state index in [2.05, 4.69) is 142 Å². The van der Waals surface area contributed by atoms with Crippen molar-refractivity contribution < 1.29 is 0 Å². The summed E-state index contributed by atoms with van der Waals surface area (Å²) in [6.07, 6.45) is 0. The van der Waals surface area contributed by atoms with Gasteiger partial charge >= 0.3 is 196 Å². The molecule has 0 bridgehead atoms. The summed E-state index contributed by atoms with van der Waals surface area (Å²) in [5, 5.41) is 12.0. The molecule has 6 aromatic carbocycles. The van der Waals surface area contributed by atoms with Crippen LogP contribution in [-0.4, -0.2) is 15.1 Å². The van der Waals surface area contributed by atoms with E-state index in [0.29, 0.717) is 0 Å². The molecule has 0 atom stereocenters. The van der Waals surface area contributed by atoms with Gasteiger partial charge in [-0.05, 0) is 0 Å². The van der Waals surface area contributed by atoms with Crippen LogP contribution in [0.4, 0.5) is 0 Å². The van der Waals surface area contributed by atoms with Gasteiger partial charge in [0, 0.05) is 0 Å². The van der Waals surface area contributed by atoms with Crippen molar-refractivity contribution in [2.75, 3.05) is 0 Å². The van der Waals surface area contributed by atoms with E-state index in [9.17, 15) is 0 Å². The Morgan fingerprint density at radius 2 is 0.625 bits per heavy atom. The quantitative estimate of drug-likeness (QED) is 0.195. The van der Waals surface area contributed by atoms with Crippen molar-refractivity contribution in [1.29, 1.82) is 0 Å². The fraction of sp³-hybridized carbons (Fsp3) is 0. The molecule has 0 spiro atoms. The molecule has 2 heteroatoms. The number of rotatable bonds is 3. The van der Waals surface area contributed by atoms with E-state index in [1.807, 2.05) is 0 Å². The number of hydrogen-bond acceptors (Lipinski definition) is 0. The molecule has 0 heterocycles. The van der Waals surface area contributed by atoms with Crippen LogP contribution in [0.25, 0.3) is 32.3 Å². The second-order valence-corrected chi connectivity index (χ2v) is 14.2. The molecular formula is C30H21PSe. The summed E-state index contributed by atoms with van der Waals surface area (Å²) < 4.78 is 0. The van der Waals surface area contributed by atoms with Crippen LogP contribution in [0.15, 0.2) is 127 Å². The van der Waals surface area contributed by atoms with Gasteiger partial charge in [0.1, 0.15) is 0 Å². The average molecular weight is 491 g/mol. The Balaban J connectivity index is 1.82. The second kappa shape index (κ2) is 7.88. The molecular weight excluding hydrogens is 470 g/mol. The van der Waals surface area contributed by atoms with E-state index >= 15 is 0 Å². The third-order valence-electron chi connectivity index (χ3n) is 6.32. The molecule has 152 valence electrons. The van der Waals surface area contributed by atoms with Crippen molar-refractivity contribution in [2.24, 2.45) is 0 Å². The van der Waals surface area contributed by atoms with Crippen LogP contribution in [0.5, 0.6) is 0 Å². The number of hydrogen-bond donors (Lipinski definition) is 0. The van der Waals surface area contributed by atoms with Gasteiger partial charge in [-0.3, -0.25) is 0 Å². The summed E-state index contributed by atoms with van der Waals surface area (Å²) in [7, 11) is 0. The number of benzene rings is 6. The molecule has 0 saturated heterocycles. The average Bonchev–Trinajstić information content (AvgIpc) is 2.87. The Labute approximate surface area is 195 Å². The third-order valence-corrected chi connectivity index (χ3v) is 13.2. The summed E-state index contributed by atoms with van der Waals surface area (Å²) in [6, 6.07) is 46.6. The third kappa shape index (κ3) is 3.01. The van der Waals surface area contributed by atoms with Crippen LogP contribution in [0.3, 0.4) is 0 Å². The molecule has 0 saturated carbocycles.